The van der Waals surface area contributed by atoms with Crippen LogP contribution in [-0.2, 0) is 10.3 Å². The highest BCUT2D eigenvalue weighted by Gasteiger charge is 2.43. The molecule has 118 valence electrons. The molecular formula is C16H28N4O. The van der Waals surface area contributed by atoms with Gasteiger partial charge in [0, 0.05) is 17.9 Å². The summed E-state index contributed by atoms with van der Waals surface area (Å²) in [5.74, 6) is 7.07. The van der Waals surface area contributed by atoms with Gasteiger partial charge in [-0.25, -0.2) is 15.8 Å². The van der Waals surface area contributed by atoms with E-state index in [1.807, 2.05) is 20.8 Å². The lowest BCUT2D eigenvalue weighted by Gasteiger charge is -2.42. The monoisotopic (exact) mass is 292 g/mol. The fraction of sp³-hybridized carbons (Fsp3) is 0.750. The normalized spacial score (nSPS) is 20.3. The van der Waals surface area contributed by atoms with Crippen LogP contribution in [0.25, 0.3) is 0 Å². The maximum atomic E-state index is 6.15. The van der Waals surface area contributed by atoms with Crippen molar-refractivity contribution in [1.29, 1.82) is 0 Å². The molecule has 1 aromatic heterocycles. The Labute approximate surface area is 127 Å². The van der Waals surface area contributed by atoms with Crippen molar-refractivity contribution < 1.29 is 4.74 Å². The number of aromatic nitrogens is 2. The van der Waals surface area contributed by atoms with Crippen LogP contribution in [0.4, 0.5) is 5.82 Å². The number of rotatable bonds is 4. The molecule has 1 aliphatic rings. The Hall–Kier alpha value is -1.20. The number of hydrogen-bond donors (Lipinski definition) is 2. The van der Waals surface area contributed by atoms with Gasteiger partial charge in [0.1, 0.15) is 11.4 Å². The van der Waals surface area contributed by atoms with E-state index in [4.69, 9.17) is 15.6 Å². The summed E-state index contributed by atoms with van der Waals surface area (Å²) in [6.07, 6.45) is 4.16. The topological polar surface area (TPSA) is 73.1 Å². The van der Waals surface area contributed by atoms with Crippen LogP contribution in [0.15, 0.2) is 0 Å². The lowest BCUT2D eigenvalue weighted by atomic mass is 9.70. The first-order chi connectivity index (χ1) is 9.83. The minimum absolute atomic E-state index is 0.367. The zero-order chi connectivity index (χ0) is 15.7. The Morgan fingerprint density at radius 1 is 1.14 bits per heavy atom. The number of anilines is 1. The van der Waals surface area contributed by atoms with E-state index in [9.17, 15) is 0 Å². The van der Waals surface area contributed by atoms with Crippen LogP contribution < -0.4 is 11.3 Å². The summed E-state index contributed by atoms with van der Waals surface area (Å²) in [5, 5.41) is 0. The summed E-state index contributed by atoms with van der Waals surface area (Å²) in [5.41, 5.74) is 4.63. The van der Waals surface area contributed by atoms with Crippen molar-refractivity contribution >= 4 is 5.82 Å². The molecule has 0 bridgehead atoms. The minimum atomic E-state index is -0.367. The first-order valence-corrected chi connectivity index (χ1v) is 7.80. The number of aryl methyl sites for hydroxylation is 1. The predicted octanol–water partition coefficient (Wildman–Crippen LogP) is 3.21. The summed E-state index contributed by atoms with van der Waals surface area (Å²) in [6, 6.07) is 0. The van der Waals surface area contributed by atoms with Crippen molar-refractivity contribution in [3.63, 3.8) is 0 Å². The zero-order valence-corrected chi connectivity index (χ0v) is 13.9. The SMILES string of the molecule is CCOC1(c2nc(C)c(C)c(NN)n2)CCC(C)(C)CC1. The molecule has 3 N–H and O–H groups in total. The number of ether oxygens (including phenoxy) is 1. The van der Waals surface area contributed by atoms with Gasteiger partial charge in [-0.2, -0.15) is 0 Å². The number of nitrogens with zero attached hydrogens (tertiary/aromatic N) is 2. The average molecular weight is 292 g/mol. The van der Waals surface area contributed by atoms with Gasteiger partial charge in [0.05, 0.1) is 0 Å². The van der Waals surface area contributed by atoms with E-state index in [2.05, 4.69) is 24.3 Å². The molecule has 0 radical (unpaired) electrons. The molecule has 1 fully saturated rings. The molecule has 21 heavy (non-hydrogen) atoms. The van der Waals surface area contributed by atoms with Crippen LogP contribution >= 0.6 is 0 Å². The number of hydrogen-bond acceptors (Lipinski definition) is 5. The third-order valence-electron chi connectivity index (χ3n) is 4.77. The van der Waals surface area contributed by atoms with Gasteiger partial charge in [-0.1, -0.05) is 13.8 Å². The third kappa shape index (κ3) is 3.19. The molecule has 0 unspecified atom stereocenters. The molecule has 0 atom stereocenters. The van der Waals surface area contributed by atoms with E-state index in [0.29, 0.717) is 17.8 Å². The van der Waals surface area contributed by atoms with Gasteiger partial charge in [-0.15, -0.1) is 0 Å². The highest BCUT2D eigenvalue weighted by Crippen LogP contribution is 2.46. The highest BCUT2D eigenvalue weighted by molar-refractivity contribution is 5.44. The Kier molecular flexibility index (Phi) is 4.54. The minimum Gasteiger partial charge on any atom is -0.367 e. The molecule has 1 saturated carbocycles. The van der Waals surface area contributed by atoms with Crippen molar-refractivity contribution in [2.24, 2.45) is 11.3 Å². The summed E-state index contributed by atoms with van der Waals surface area (Å²) in [6.45, 7) is 11.3. The Morgan fingerprint density at radius 3 is 2.29 bits per heavy atom. The molecule has 0 aromatic carbocycles. The smallest absolute Gasteiger partial charge is 0.162 e. The second-order valence-electron chi connectivity index (χ2n) is 6.84. The molecule has 0 aliphatic heterocycles. The second-order valence-corrected chi connectivity index (χ2v) is 6.84. The lowest BCUT2D eigenvalue weighted by Crippen LogP contribution is -2.39. The van der Waals surface area contributed by atoms with Crippen LogP contribution in [0.5, 0.6) is 0 Å². The van der Waals surface area contributed by atoms with Gasteiger partial charge in [-0.05, 0) is 51.9 Å². The molecule has 0 amide bonds. The average Bonchev–Trinajstić information content (AvgIpc) is 2.44. The first kappa shape index (κ1) is 16.2. The molecule has 1 aliphatic carbocycles. The van der Waals surface area contributed by atoms with Gasteiger partial charge in [0.15, 0.2) is 5.82 Å². The largest absolute Gasteiger partial charge is 0.367 e. The summed E-state index contributed by atoms with van der Waals surface area (Å²) in [4.78, 5) is 9.35. The summed E-state index contributed by atoms with van der Waals surface area (Å²) < 4.78 is 6.15. The third-order valence-corrected chi connectivity index (χ3v) is 4.77. The van der Waals surface area contributed by atoms with Crippen molar-refractivity contribution in [2.75, 3.05) is 12.0 Å². The van der Waals surface area contributed by atoms with Gasteiger partial charge in [0.25, 0.3) is 0 Å². The number of nitrogens with two attached hydrogens (primary N) is 1. The van der Waals surface area contributed by atoms with Crippen LogP contribution in [0.2, 0.25) is 0 Å². The fourth-order valence-corrected chi connectivity index (χ4v) is 3.01. The molecule has 5 heteroatoms. The quantitative estimate of drug-likeness (QED) is 0.658. The van der Waals surface area contributed by atoms with Gasteiger partial charge < -0.3 is 10.2 Å². The maximum absolute atomic E-state index is 6.15. The van der Waals surface area contributed by atoms with Crippen LogP contribution in [0.1, 0.15) is 63.5 Å². The molecule has 1 heterocycles. The van der Waals surface area contributed by atoms with Gasteiger partial charge in [-0.3, -0.25) is 0 Å². The van der Waals surface area contributed by atoms with Crippen LogP contribution in [-0.4, -0.2) is 16.6 Å². The summed E-state index contributed by atoms with van der Waals surface area (Å²) >= 11 is 0. The van der Waals surface area contributed by atoms with Crippen LogP contribution in [0, 0.1) is 19.3 Å². The van der Waals surface area contributed by atoms with E-state index >= 15 is 0 Å². The number of nitrogens with one attached hydrogen (secondary N) is 1. The molecule has 2 rings (SSSR count). The number of nitrogen functional groups attached to an aromatic ring is 1. The molecule has 1 aromatic rings. The van der Waals surface area contributed by atoms with Crippen molar-refractivity contribution in [3.8, 4) is 0 Å². The molecule has 5 nitrogen and oxygen atoms in total. The van der Waals surface area contributed by atoms with Crippen LogP contribution in [0.3, 0.4) is 0 Å². The molecular weight excluding hydrogens is 264 g/mol. The Bertz CT molecular complexity index is 503. The van der Waals surface area contributed by atoms with Gasteiger partial charge in [0.2, 0.25) is 0 Å². The standard InChI is InChI=1S/C16H28N4O/c1-6-21-16(9-7-15(4,5)8-10-16)14-18-12(3)11(2)13(19-14)20-17/h6-10,17H2,1-5H3,(H,18,19,20). The molecule has 0 saturated heterocycles. The number of hydrazine groups is 1. The van der Waals surface area contributed by atoms with E-state index in [1.165, 1.54) is 0 Å². The van der Waals surface area contributed by atoms with E-state index < -0.39 is 0 Å². The predicted molar refractivity (Wildman–Crippen MR) is 84.9 cm³/mol. The fourth-order valence-electron chi connectivity index (χ4n) is 3.01. The Balaban J connectivity index is 2.41. The second kappa shape index (κ2) is 5.89. The van der Waals surface area contributed by atoms with Crippen molar-refractivity contribution in [2.45, 2.75) is 65.9 Å². The zero-order valence-electron chi connectivity index (χ0n) is 13.9. The van der Waals surface area contributed by atoms with Crippen molar-refractivity contribution in [1.82, 2.24) is 9.97 Å². The Morgan fingerprint density at radius 2 is 1.76 bits per heavy atom. The summed E-state index contributed by atoms with van der Waals surface area (Å²) in [7, 11) is 0. The maximum Gasteiger partial charge on any atom is 0.162 e. The van der Waals surface area contributed by atoms with E-state index in [0.717, 1.165) is 42.8 Å². The lowest BCUT2D eigenvalue weighted by molar-refractivity contribution is -0.0948. The van der Waals surface area contributed by atoms with Gasteiger partial charge >= 0.3 is 0 Å². The molecule has 0 spiro atoms. The van der Waals surface area contributed by atoms with E-state index in [-0.39, 0.29) is 5.60 Å². The van der Waals surface area contributed by atoms with E-state index in [1.54, 1.807) is 0 Å². The highest BCUT2D eigenvalue weighted by atomic mass is 16.5. The van der Waals surface area contributed by atoms with Crippen molar-refractivity contribution in [3.05, 3.63) is 17.1 Å². The first-order valence-electron chi connectivity index (χ1n) is 7.80.